The Kier molecular flexibility index (Phi) is 5.65. The Morgan fingerprint density at radius 1 is 1.29 bits per heavy atom. The summed E-state index contributed by atoms with van der Waals surface area (Å²) in [7, 11) is 1.71. The lowest BCUT2D eigenvalue weighted by atomic mass is 9.95. The minimum atomic E-state index is 0.247. The van der Waals surface area contributed by atoms with Crippen LogP contribution in [0.5, 0.6) is 5.75 Å². The van der Waals surface area contributed by atoms with Crippen LogP contribution in [0.2, 0.25) is 0 Å². The summed E-state index contributed by atoms with van der Waals surface area (Å²) in [6.07, 6.45) is 3.63. The van der Waals surface area contributed by atoms with Crippen molar-refractivity contribution >= 4 is 0 Å². The molecule has 1 aromatic rings. The quantitative estimate of drug-likeness (QED) is 0.871. The first-order valence-electron chi connectivity index (χ1n) is 8.16. The Labute approximate surface area is 129 Å². The van der Waals surface area contributed by atoms with E-state index in [1.54, 1.807) is 7.11 Å². The van der Waals surface area contributed by atoms with Gasteiger partial charge in [0.1, 0.15) is 5.75 Å². The number of ether oxygens (including phenoxy) is 1. The first-order valence-corrected chi connectivity index (χ1v) is 8.16. The van der Waals surface area contributed by atoms with E-state index in [2.05, 4.69) is 55.3 Å². The first kappa shape index (κ1) is 16.3. The molecule has 1 heterocycles. The second-order valence-electron chi connectivity index (χ2n) is 6.72. The van der Waals surface area contributed by atoms with Crippen molar-refractivity contribution in [3.05, 3.63) is 29.8 Å². The average Bonchev–Trinajstić information content (AvgIpc) is 2.48. The van der Waals surface area contributed by atoms with Crippen molar-refractivity contribution in [1.29, 1.82) is 0 Å². The predicted octanol–water partition coefficient (Wildman–Crippen LogP) is 3.09. The number of methoxy groups -OCH3 is 1. The van der Waals surface area contributed by atoms with E-state index in [1.807, 2.05) is 0 Å². The van der Waals surface area contributed by atoms with Crippen LogP contribution in [-0.2, 0) is 6.42 Å². The molecule has 3 heteroatoms. The maximum atomic E-state index is 5.22. The minimum Gasteiger partial charge on any atom is -0.497 e. The van der Waals surface area contributed by atoms with Gasteiger partial charge in [0.15, 0.2) is 0 Å². The molecule has 1 aromatic carbocycles. The Hall–Kier alpha value is -1.06. The fourth-order valence-electron chi connectivity index (χ4n) is 3.08. The van der Waals surface area contributed by atoms with E-state index in [0.717, 1.165) is 31.8 Å². The number of nitrogens with zero attached hydrogens (tertiary/aromatic N) is 1. The van der Waals surface area contributed by atoms with Gasteiger partial charge in [-0.25, -0.2) is 0 Å². The molecule has 3 nitrogen and oxygen atoms in total. The highest BCUT2D eigenvalue weighted by atomic mass is 16.5. The summed E-state index contributed by atoms with van der Waals surface area (Å²) in [5.41, 5.74) is 1.63. The number of rotatable bonds is 6. The zero-order valence-corrected chi connectivity index (χ0v) is 14.0. The van der Waals surface area contributed by atoms with Gasteiger partial charge in [0, 0.05) is 31.2 Å². The molecule has 0 saturated carbocycles. The summed E-state index contributed by atoms with van der Waals surface area (Å²) in [5.74, 6) is 0.935. The van der Waals surface area contributed by atoms with Gasteiger partial charge in [0.2, 0.25) is 0 Å². The molecule has 1 unspecified atom stereocenters. The van der Waals surface area contributed by atoms with E-state index in [0.29, 0.717) is 6.04 Å². The standard InChI is InChI=1S/C18H30N2O/c1-5-6-16-13-20(18(2,3)14-19-16)12-11-15-7-9-17(21-4)10-8-15/h7-10,16,19H,5-6,11-14H2,1-4H3. The number of benzene rings is 1. The Morgan fingerprint density at radius 3 is 2.62 bits per heavy atom. The fraction of sp³-hybridized carbons (Fsp3) is 0.667. The van der Waals surface area contributed by atoms with E-state index in [-0.39, 0.29) is 5.54 Å². The van der Waals surface area contributed by atoms with Crippen molar-refractivity contribution in [3.8, 4) is 5.75 Å². The summed E-state index contributed by atoms with van der Waals surface area (Å²) >= 11 is 0. The van der Waals surface area contributed by atoms with Gasteiger partial charge >= 0.3 is 0 Å². The molecule has 1 atom stereocenters. The van der Waals surface area contributed by atoms with Crippen molar-refractivity contribution in [3.63, 3.8) is 0 Å². The Bertz CT molecular complexity index is 427. The molecule has 1 aliphatic heterocycles. The lowest BCUT2D eigenvalue weighted by Crippen LogP contribution is -2.62. The first-order chi connectivity index (χ1) is 10.0. The van der Waals surface area contributed by atoms with Gasteiger partial charge in [-0.1, -0.05) is 25.5 Å². The molecule has 0 bridgehead atoms. The predicted molar refractivity (Wildman–Crippen MR) is 89.0 cm³/mol. The number of nitrogens with one attached hydrogen (secondary N) is 1. The van der Waals surface area contributed by atoms with Gasteiger partial charge < -0.3 is 10.1 Å². The number of piperazine rings is 1. The Balaban J connectivity index is 1.92. The average molecular weight is 290 g/mol. The van der Waals surface area contributed by atoms with Gasteiger partial charge in [-0.15, -0.1) is 0 Å². The number of hydrogen-bond donors (Lipinski definition) is 1. The maximum Gasteiger partial charge on any atom is 0.118 e. The minimum absolute atomic E-state index is 0.247. The van der Waals surface area contributed by atoms with Crippen LogP contribution in [0.4, 0.5) is 0 Å². The van der Waals surface area contributed by atoms with Gasteiger partial charge in [0.25, 0.3) is 0 Å². The second kappa shape index (κ2) is 7.28. The van der Waals surface area contributed by atoms with Crippen molar-refractivity contribution in [2.75, 3.05) is 26.7 Å². The highest BCUT2D eigenvalue weighted by molar-refractivity contribution is 5.27. The van der Waals surface area contributed by atoms with Crippen LogP contribution in [0.15, 0.2) is 24.3 Å². The van der Waals surface area contributed by atoms with Crippen LogP contribution in [0.25, 0.3) is 0 Å². The molecule has 0 aliphatic carbocycles. The zero-order chi connectivity index (χ0) is 15.3. The third kappa shape index (κ3) is 4.45. The third-order valence-corrected chi connectivity index (χ3v) is 4.59. The molecule has 0 aromatic heterocycles. The van der Waals surface area contributed by atoms with E-state index >= 15 is 0 Å². The van der Waals surface area contributed by atoms with Crippen LogP contribution in [0, 0.1) is 0 Å². The third-order valence-electron chi connectivity index (χ3n) is 4.59. The lowest BCUT2D eigenvalue weighted by molar-refractivity contribution is 0.0650. The molecular weight excluding hydrogens is 260 g/mol. The molecular formula is C18H30N2O. The lowest BCUT2D eigenvalue weighted by Gasteiger charge is -2.46. The molecule has 118 valence electrons. The number of hydrogen-bond acceptors (Lipinski definition) is 3. The van der Waals surface area contributed by atoms with Crippen LogP contribution in [0.3, 0.4) is 0 Å². The molecule has 1 saturated heterocycles. The molecule has 1 fully saturated rings. The highest BCUT2D eigenvalue weighted by Gasteiger charge is 2.32. The van der Waals surface area contributed by atoms with Crippen molar-refractivity contribution in [2.24, 2.45) is 0 Å². The van der Waals surface area contributed by atoms with Crippen molar-refractivity contribution in [1.82, 2.24) is 10.2 Å². The summed E-state index contributed by atoms with van der Waals surface area (Å²) in [6, 6.07) is 9.12. The summed E-state index contributed by atoms with van der Waals surface area (Å²) < 4.78 is 5.22. The van der Waals surface area contributed by atoms with Gasteiger partial charge in [-0.2, -0.15) is 0 Å². The summed E-state index contributed by atoms with van der Waals surface area (Å²) in [4.78, 5) is 2.65. The van der Waals surface area contributed by atoms with E-state index in [9.17, 15) is 0 Å². The topological polar surface area (TPSA) is 24.5 Å². The molecule has 0 radical (unpaired) electrons. The highest BCUT2D eigenvalue weighted by Crippen LogP contribution is 2.21. The summed E-state index contributed by atoms with van der Waals surface area (Å²) in [6.45, 7) is 10.3. The van der Waals surface area contributed by atoms with Crippen molar-refractivity contribution in [2.45, 2.75) is 51.6 Å². The smallest absolute Gasteiger partial charge is 0.118 e. The molecule has 21 heavy (non-hydrogen) atoms. The van der Waals surface area contributed by atoms with Crippen LogP contribution in [-0.4, -0.2) is 43.2 Å². The van der Waals surface area contributed by atoms with Gasteiger partial charge in [-0.05, 0) is 44.4 Å². The van der Waals surface area contributed by atoms with Crippen LogP contribution >= 0.6 is 0 Å². The van der Waals surface area contributed by atoms with E-state index in [4.69, 9.17) is 4.74 Å². The summed E-state index contributed by atoms with van der Waals surface area (Å²) in [5, 5.41) is 3.70. The monoisotopic (exact) mass is 290 g/mol. The second-order valence-corrected chi connectivity index (χ2v) is 6.72. The molecule has 0 amide bonds. The zero-order valence-electron chi connectivity index (χ0n) is 14.0. The van der Waals surface area contributed by atoms with Crippen LogP contribution in [0.1, 0.15) is 39.2 Å². The Morgan fingerprint density at radius 2 is 2.00 bits per heavy atom. The van der Waals surface area contributed by atoms with E-state index < -0.39 is 0 Å². The van der Waals surface area contributed by atoms with Crippen LogP contribution < -0.4 is 10.1 Å². The molecule has 1 aliphatic rings. The molecule has 1 N–H and O–H groups in total. The van der Waals surface area contributed by atoms with Crippen molar-refractivity contribution < 1.29 is 4.74 Å². The largest absolute Gasteiger partial charge is 0.497 e. The molecule has 0 spiro atoms. The van der Waals surface area contributed by atoms with Gasteiger partial charge in [0.05, 0.1) is 7.11 Å². The molecule has 2 rings (SSSR count). The van der Waals surface area contributed by atoms with E-state index in [1.165, 1.54) is 18.4 Å². The normalized spacial score (nSPS) is 22.2. The maximum absolute atomic E-state index is 5.22. The van der Waals surface area contributed by atoms with Gasteiger partial charge in [-0.3, -0.25) is 4.90 Å². The fourth-order valence-corrected chi connectivity index (χ4v) is 3.08. The SMILES string of the molecule is CCCC1CN(CCc2ccc(OC)cc2)C(C)(C)CN1.